The van der Waals surface area contributed by atoms with Crippen LogP contribution in [0.3, 0.4) is 0 Å². The van der Waals surface area contributed by atoms with Gasteiger partial charge in [-0.25, -0.2) is 4.79 Å². The number of aromatic nitrogens is 3. The number of nitrogens with zero attached hydrogens (tertiary/aromatic N) is 3. The monoisotopic (exact) mass is 1140 g/mol. The van der Waals surface area contributed by atoms with E-state index in [1.807, 2.05) is 24.3 Å². The number of aliphatic imine (C=N–C) groups is 1. The predicted octanol–water partition coefficient (Wildman–Crippen LogP) is -7.36. The molecule has 26 nitrogen and oxygen atoms in total. The van der Waals surface area contributed by atoms with Crippen molar-refractivity contribution < 1.29 is 69.2 Å². The number of rotatable bonds is 27. The van der Waals surface area contributed by atoms with Gasteiger partial charge in [0, 0.05) is 5.75 Å². The number of H-pyrrole nitrogens is 2. The summed E-state index contributed by atoms with van der Waals surface area (Å²) in [5.74, 6) is -7.56. The molecular weight excluding hydrogens is 1080 g/mol. The van der Waals surface area contributed by atoms with Gasteiger partial charge in [-0.2, -0.15) is 12.6 Å². The van der Waals surface area contributed by atoms with Gasteiger partial charge in [0.2, 0.25) is 11.8 Å². The Balaban J connectivity index is 1.34. The summed E-state index contributed by atoms with van der Waals surface area (Å²) in [5.41, 5.74) is 18.9. The summed E-state index contributed by atoms with van der Waals surface area (Å²) in [6.45, 7) is 1.59. The second-order valence-electron chi connectivity index (χ2n) is 16.6. The first-order valence-corrected chi connectivity index (χ1v) is 26.3. The number of benzene rings is 2. The number of hydrogen-bond acceptors (Lipinski definition) is 13. The molecule has 4 aromatic rings. The molecule has 73 heavy (non-hydrogen) atoms. The summed E-state index contributed by atoms with van der Waals surface area (Å²) in [6, 6.07) is 6.35. The van der Waals surface area contributed by atoms with E-state index in [9.17, 15) is 47.9 Å². The number of thiol groups is 1. The molecule has 3 heterocycles. The number of amides is 11. The Morgan fingerprint density at radius 3 is 2.00 bits per heavy atom. The van der Waals surface area contributed by atoms with Crippen LogP contribution >= 0.6 is 12.6 Å². The molecule has 0 spiro atoms. The zero-order chi connectivity index (χ0) is 53.2. The van der Waals surface area contributed by atoms with Crippen LogP contribution in [0.25, 0.3) is 10.9 Å². The van der Waals surface area contributed by atoms with Gasteiger partial charge in [0.1, 0.15) is 18.6 Å². The standard InChI is InChI=1S/C45H58IN16O10S/c1-23(55-42(70)34(20-73)57-36(64)19-62-43(71)24(2)56-45(62)72)37(65)58-32(14-27-17-50-22-54-27)40(68)59-30(12-25-8-4-3-5-9-25)39(67)61-33(15-46-21-53-44(48)49)41(69)60-31(38(66)52-18-35(47)63)13-26-16-51-29-11-7-6-10-28(26)29/h3-11,16-17,22-24,30-34,51,73H,12-15,18-21H2,1-2H3,(H2,47,63)(H,50,54)(H,52,66)(H,55,70)(H,56,72)(H,57,64)(H,58,65)(H,59,68)(H,60,69)(H,61,67)(H4,48,49,53)/q-1. The Kier molecular flexibility index (Phi) is 20.9. The number of nitrogens with two attached hydrogens (primary N) is 3. The van der Waals surface area contributed by atoms with Crippen molar-refractivity contribution in [1.82, 2.24) is 62.4 Å². The van der Waals surface area contributed by atoms with Crippen LogP contribution in [0.15, 0.2) is 78.3 Å². The number of urea groups is 1. The van der Waals surface area contributed by atoms with Crippen molar-refractivity contribution in [3.63, 3.8) is 0 Å². The van der Waals surface area contributed by atoms with Gasteiger partial charge in [0.15, 0.2) is 0 Å². The summed E-state index contributed by atoms with van der Waals surface area (Å²) in [7, 11) is 0. The zero-order valence-corrected chi connectivity index (χ0v) is 42.7. The first-order chi connectivity index (χ1) is 34.8. The SMILES string of the molecule is CC(NC(=O)C(CS)NC(=O)CN1C(=O)NC(C)C1=O)C(=O)NC(Cc1cnc[nH]1)C(=O)NC(Cc1ccccc1)C(=O)NC(C[I-]CN=C(N)N)C(=O)NC(Cc1c[nH]c2ccccc12)C(=O)NCC(N)=O. The third kappa shape index (κ3) is 16.9. The van der Waals surface area contributed by atoms with E-state index in [0.717, 1.165) is 10.9 Å². The summed E-state index contributed by atoms with van der Waals surface area (Å²) in [4.78, 5) is 147. The number of halogens is 1. The molecule has 1 fully saturated rings. The number of imidazole rings is 1. The number of guanidine groups is 1. The minimum absolute atomic E-state index is 0.0302. The number of alkyl halides is 2. The number of carbonyl (C=O) groups is 10. The molecule has 16 N–H and O–H groups in total. The van der Waals surface area contributed by atoms with Crippen LogP contribution in [-0.2, 0) is 62.4 Å². The van der Waals surface area contributed by atoms with Crippen LogP contribution in [0.4, 0.5) is 4.79 Å². The molecule has 0 aliphatic carbocycles. The topological polar surface area (TPSA) is 405 Å². The van der Waals surface area contributed by atoms with Crippen molar-refractivity contribution in [3.05, 3.63) is 90.1 Å². The average molecular weight is 1140 g/mol. The van der Waals surface area contributed by atoms with E-state index in [1.54, 1.807) is 36.5 Å². The second kappa shape index (κ2) is 27.2. The van der Waals surface area contributed by atoms with Gasteiger partial charge in [-0.1, -0.05) is 0 Å². The van der Waals surface area contributed by atoms with Crippen LogP contribution in [0.2, 0.25) is 0 Å². The van der Waals surface area contributed by atoms with Crippen LogP contribution in [-0.4, -0.2) is 155 Å². The molecule has 28 heteroatoms. The number of carbonyl (C=O) groups excluding carboxylic acids is 10. The van der Waals surface area contributed by atoms with Crippen molar-refractivity contribution in [2.45, 2.75) is 75.4 Å². The Labute approximate surface area is 433 Å². The predicted molar refractivity (Wildman–Crippen MR) is 263 cm³/mol. The third-order valence-electron chi connectivity index (χ3n) is 11.0. The first kappa shape index (κ1) is 56.2. The molecule has 11 amide bonds. The van der Waals surface area contributed by atoms with Gasteiger partial charge in [-0.15, -0.1) is 0 Å². The van der Waals surface area contributed by atoms with E-state index in [0.29, 0.717) is 21.7 Å². The molecule has 392 valence electrons. The van der Waals surface area contributed by atoms with Crippen molar-refractivity contribution in [3.8, 4) is 0 Å². The zero-order valence-electron chi connectivity index (χ0n) is 39.6. The number of imide groups is 1. The van der Waals surface area contributed by atoms with Gasteiger partial charge in [0.25, 0.3) is 5.91 Å². The van der Waals surface area contributed by atoms with E-state index in [2.05, 4.69) is 75.1 Å². The van der Waals surface area contributed by atoms with E-state index in [4.69, 9.17) is 17.2 Å². The van der Waals surface area contributed by atoms with E-state index < -0.39 is 136 Å². The Morgan fingerprint density at radius 1 is 0.753 bits per heavy atom. The third-order valence-corrected chi connectivity index (χ3v) is 13.7. The molecule has 1 saturated heterocycles. The summed E-state index contributed by atoms with van der Waals surface area (Å²) < 4.78 is 0.220. The molecule has 7 unspecified atom stereocenters. The van der Waals surface area contributed by atoms with Crippen molar-refractivity contribution >= 4 is 88.7 Å². The maximum absolute atomic E-state index is 14.5. The quantitative estimate of drug-likeness (QED) is 0.00386. The molecule has 1 aliphatic heterocycles. The number of nitrogens with one attached hydrogen (secondary N) is 10. The Morgan fingerprint density at radius 2 is 1.37 bits per heavy atom. The van der Waals surface area contributed by atoms with Crippen molar-refractivity contribution in [2.75, 3.05) is 27.8 Å². The summed E-state index contributed by atoms with van der Waals surface area (Å²) in [6.07, 6.45) is 4.15. The van der Waals surface area contributed by atoms with Crippen molar-refractivity contribution in [1.29, 1.82) is 0 Å². The second-order valence-corrected chi connectivity index (χ2v) is 19.6. The van der Waals surface area contributed by atoms with Crippen molar-refractivity contribution in [2.24, 2.45) is 22.2 Å². The molecular formula is C45H58IN16O10S-. The number of para-hydroxylation sites is 1. The maximum atomic E-state index is 14.5. The number of primary amides is 1. The molecule has 0 radical (unpaired) electrons. The van der Waals surface area contributed by atoms with Gasteiger partial charge >= 0.3 is 339 Å². The fourth-order valence-corrected chi connectivity index (χ4v) is 9.65. The van der Waals surface area contributed by atoms with E-state index >= 15 is 0 Å². The molecule has 2 aromatic carbocycles. The van der Waals surface area contributed by atoms with Gasteiger partial charge < -0.3 is 10.6 Å². The van der Waals surface area contributed by atoms with Crippen LogP contribution < -0.4 is 80.9 Å². The first-order valence-electron chi connectivity index (χ1n) is 22.6. The van der Waals surface area contributed by atoms with Gasteiger partial charge in [-0.3, -0.25) is 19.3 Å². The Hall–Kier alpha value is -7.76. The molecule has 7 atom stereocenters. The minimum atomic E-state index is -1.40. The average Bonchev–Trinajstić information content (AvgIpc) is 4.09. The van der Waals surface area contributed by atoms with E-state index in [1.165, 1.54) is 26.4 Å². The summed E-state index contributed by atoms with van der Waals surface area (Å²) >= 11 is 3.13. The molecule has 0 saturated carbocycles. The van der Waals surface area contributed by atoms with Crippen LogP contribution in [0.1, 0.15) is 30.7 Å². The number of hydrogen-bond donors (Lipinski definition) is 14. The summed E-state index contributed by atoms with van der Waals surface area (Å²) in [5, 5.41) is 21.3. The normalized spacial score (nSPS) is 15.6. The van der Waals surface area contributed by atoms with Crippen LogP contribution in [0, 0.1) is 0 Å². The van der Waals surface area contributed by atoms with Gasteiger partial charge in [-0.05, 0) is 6.92 Å². The van der Waals surface area contributed by atoms with Gasteiger partial charge in [0.05, 0.1) is 0 Å². The van der Waals surface area contributed by atoms with E-state index in [-0.39, 0.29) is 40.0 Å². The van der Waals surface area contributed by atoms with Crippen LogP contribution in [0.5, 0.6) is 0 Å². The molecule has 5 rings (SSSR count). The number of fused-ring (bicyclic) bond motifs is 1. The molecule has 2 aromatic heterocycles. The molecule has 1 aliphatic rings. The fourth-order valence-electron chi connectivity index (χ4n) is 7.23. The number of aromatic amines is 2. The Bertz CT molecular complexity index is 2670. The fraction of sp³-hybridized carbons (Fsp3) is 0.378. The molecule has 0 bridgehead atoms.